The van der Waals surface area contributed by atoms with E-state index in [2.05, 4.69) is 40.2 Å². The molecule has 128 valence electrons. The lowest BCUT2D eigenvalue weighted by atomic mass is 9.73. The Kier molecular flexibility index (Phi) is 4.29. The summed E-state index contributed by atoms with van der Waals surface area (Å²) in [6.07, 6.45) is 6.40. The smallest absolute Gasteiger partial charge is 0.111 e. The molecule has 4 heteroatoms. The van der Waals surface area contributed by atoms with Gasteiger partial charge in [-0.15, -0.1) is 0 Å². The molecule has 2 bridgehead atoms. The maximum Gasteiger partial charge on any atom is 0.111 e. The van der Waals surface area contributed by atoms with E-state index in [1.807, 2.05) is 6.07 Å². The molecule has 2 atom stereocenters. The van der Waals surface area contributed by atoms with Gasteiger partial charge in [0, 0.05) is 24.8 Å². The summed E-state index contributed by atoms with van der Waals surface area (Å²) in [5.74, 6) is 0. The fraction of sp³-hybridized carbons (Fsp3) is 0.429. The van der Waals surface area contributed by atoms with Gasteiger partial charge in [-0.05, 0) is 43.4 Å². The summed E-state index contributed by atoms with van der Waals surface area (Å²) in [4.78, 5) is 6.95. The van der Waals surface area contributed by atoms with Crippen LogP contribution >= 0.6 is 0 Å². The third-order valence-electron chi connectivity index (χ3n) is 5.74. The Morgan fingerprint density at radius 1 is 1.12 bits per heavy atom. The van der Waals surface area contributed by atoms with Crippen LogP contribution in [0.1, 0.15) is 48.9 Å². The van der Waals surface area contributed by atoms with Crippen molar-refractivity contribution in [1.29, 1.82) is 5.26 Å². The number of benzene rings is 1. The van der Waals surface area contributed by atoms with E-state index >= 15 is 0 Å². The second kappa shape index (κ2) is 6.59. The van der Waals surface area contributed by atoms with Crippen LogP contribution in [-0.2, 0) is 12.1 Å². The van der Waals surface area contributed by atoms with E-state index in [4.69, 9.17) is 0 Å². The topological polar surface area (TPSA) is 60.1 Å². The zero-order valence-electron chi connectivity index (χ0n) is 14.3. The summed E-state index contributed by atoms with van der Waals surface area (Å²) < 4.78 is 0. The first-order valence-corrected chi connectivity index (χ1v) is 9.07. The standard InChI is InChI=1S/C21H23N3O/c22-14-17-8-5-11-23-20(17)21(25)12-18-9-4-10-19(13-21)24(18)15-16-6-2-1-3-7-16/h1-3,5-8,11,18-19,25H,4,9-10,12-13,15H2. The molecule has 1 aromatic carbocycles. The van der Waals surface area contributed by atoms with E-state index in [1.165, 1.54) is 12.0 Å². The Bertz CT molecular complexity index is 769. The van der Waals surface area contributed by atoms with Crippen molar-refractivity contribution in [1.82, 2.24) is 9.88 Å². The molecule has 4 rings (SSSR count). The van der Waals surface area contributed by atoms with Crippen LogP contribution in [0.15, 0.2) is 48.7 Å². The van der Waals surface area contributed by atoms with Crippen LogP contribution in [0.3, 0.4) is 0 Å². The number of fused-ring (bicyclic) bond motifs is 2. The molecule has 0 amide bonds. The maximum absolute atomic E-state index is 11.4. The van der Waals surface area contributed by atoms with Crippen molar-refractivity contribution in [2.75, 3.05) is 0 Å². The fourth-order valence-electron chi connectivity index (χ4n) is 4.63. The molecule has 1 aromatic heterocycles. The molecule has 0 saturated carbocycles. The Hall–Kier alpha value is -2.22. The lowest BCUT2D eigenvalue weighted by Crippen LogP contribution is -2.56. The lowest BCUT2D eigenvalue weighted by Gasteiger charge is -2.52. The van der Waals surface area contributed by atoms with Crippen LogP contribution in [-0.4, -0.2) is 27.1 Å². The number of aromatic nitrogens is 1. The molecule has 2 unspecified atom stereocenters. The second-order valence-corrected chi connectivity index (χ2v) is 7.35. The molecule has 0 spiro atoms. The van der Waals surface area contributed by atoms with Gasteiger partial charge in [0.1, 0.15) is 11.7 Å². The Morgan fingerprint density at radius 2 is 1.84 bits per heavy atom. The zero-order valence-corrected chi connectivity index (χ0v) is 14.3. The lowest BCUT2D eigenvalue weighted by molar-refractivity contribution is -0.102. The van der Waals surface area contributed by atoms with Gasteiger partial charge in [0.2, 0.25) is 0 Å². The van der Waals surface area contributed by atoms with E-state index in [-0.39, 0.29) is 0 Å². The number of aliphatic hydroxyl groups is 1. The predicted molar refractivity (Wildman–Crippen MR) is 95.5 cm³/mol. The van der Waals surface area contributed by atoms with Crippen molar-refractivity contribution in [3.05, 3.63) is 65.5 Å². The summed E-state index contributed by atoms with van der Waals surface area (Å²) >= 11 is 0. The molecule has 25 heavy (non-hydrogen) atoms. The average Bonchev–Trinajstić information content (AvgIpc) is 2.63. The van der Waals surface area contributed by atoms with Crippen LogP contribution in [0.5, 0.6) is 0 Å². The Balaban J connectivity index is 1.62. The largest absolute Gasteiger partial charge is 0.383 e. The molecular weight excluding hydrogens is 310 g/mol. The van der Waals surface area contributed by atoms with Crippen LogP contribution in [0, 0.1) is 11.3 Å². The number of pyridine rings is 1. The molecule has 2 aliphatic rings. The van der Waals surface area contributed by atoms with Crippen molar-refractivity contribution in [3.63, 3.8) is 0 Å². The van der Waals surface area contributed by atoms with Crippen molar-refractivity contribution >= 4 is 0 Å². The first-order chi connectivity index (χ1) is 12.2. The molecule has 4 nitrogen and oxygen atoms in total. The maximum atomic E-state index is 11.4. The van der Waals surface area contributed by atoms with Crippen LogP contribution in [0.4, 0.5) is 0 Å². The van der Waals surface area contributed by atoms with Gasteiger partial charge in [-0.1, -0.05) is 36.8 Å². The van der Waals surface area contributed by atoms with E-state index in [0.717, 1.165) is 19.4 Å². The number of piperidine rings is 2. The number of hydrogen-bond donors (Lipinski definition) is 1. The van der Waals surface area contributed by atoms with Gasteiger partial charge in [-0.25, -0.2) is 0 Å². The van der Waals surface area contributed by atoms with Gasteiger partial charge in [-0.3, -0.25) is 9.88 Å². The van der Waals surface area contributed by atoms with Gasteiger partial charge in [-0.2, -0.15) is 5.26 Å². The summed E-state index contributed by atoms with van der Waals surface area (Å²) in [6, 6.07) is 16.9. The molecule has 0 aliphatic carbocycles. The zero-order chi connectivity index (χ0) is 17.3. The highest BCUT2D eigenvalue weighted by Gasteiger charge is 2.47. The Labute approximate surface area is 148 Å². The van der Waals surface area contributed by atoms with Crippen molar-refractivity contribution in [2.45, 2.75) is 56.3 Å². The van der Waals surface area contributed by atoms with Crippen LogP contribution in [0.2, 0.25) is 0 Å². The van der Waals surface area contributed by atoms with Gasteiger partial charge >= 0.3 is 0 Å². The fourth-order valence-corrected chi connectivity index (χ4v) is 4.63. The van der Waals surface area contributed by atoms with Crippen molar-refractivity contribution in [2.24, 2.45) is 0 Å². The number of nitrogens with zero attached hydrogens (tertiary/aromatic N) is 3. The predicted octanol–water partition coefficient (Wildman–Crippen LogP) is 3.36. The first-order valence-electron chi connectivity index (χ1n) is 9.07. The highest BCUT2D eigenvalue weighted by Crippen LogP contribution is 2.44. The van der Waals surface area contributed by atoms with Crippen molar-refractivity contribution in [3.8, 4) is 6.07 Å². The monoisotopic (exact) mass is 333 g/mol. The third kappa shape index (κ3) is 3.06. The number of rotatable bonds is 3. The van der Waals surface area contributed by atoms with Gasteiger partial charge in [0.15, 0.2) is 0 Å². The molecule has 2 aliphatic heterocycles. The summed E-state index contributed by atoms with van der Waals surface area (Å²) in [6.45, 7) is 0.930. The number of nitriles is 1. The molecule has 2 aromatic rings. The van der Waals surface area contributed by atoms with Crippen LogP contribution in [0.25, 0.3) is 0 Å². The van der Waals surface area contributed by atoms with Gasteiger partial charge in [0.05, 0.1) is 11.3 Å². The second-order valence-electron chi connectivity index (χ2n) is 7.35. The first kappa shape index (κ1) is 16.3. The SMILES string of the molecule is N#Cc1cccnc1C1(O)CC2CCCC(C1)N2Cc1ccccc1. The molecule has 2 saturated heterocycles. The highest BCUT2D eigenvalue weighted by molar-refractivity contribution is 5.37. The summed E-state index contributed by atoms with van der Waals surface area (Å²) in [5.41, 5.74) is 1.39. The minimum Gasteiger partial charge on any atom is -0.383 e. The molecule has 0 radical (unpaired) electrons. The highest BCUT2D eigenvalue weighted by atomic mass is 16.3. The van der Waals surface area contributed by atoms with E-state index in [1.54, 1.807) is 18.3 Å². The van der Waals surface area contributed by atoms with Gasteiger partial charge < -0.3 is 5.11 Å². The molecule has 2 fully saturated rings. The van der Waals surface area contributed by atoms with E-state index < -0.39 is 5.60 Å². The normalized spacial score (nSPS) is 29.1. The number of hydrogen-bond acceptors (Lipinski definition) is 4. The summed E-state index contributed by atoms with van der Waals surface area (Å²) in [5, 5.41) is 20.8. The van der Waals surface area contributed by atoms with Gasteiger partial charge in [0.25, 0.3) is 0 Å². The molecular formula is C21H23N3O. The third-order valence-corrected chi connectivity index (χ3v) is 5.74. The quantitative estimate of drug-likeness (QED) is 0.936. The van der Waals surface area contributed by atoms with Crippen molar-refractivity contribution < 1.29 is 5.11 Å². The average molecular weight is 333 g/mol. The van der Waals surface area contributed by atoms with E-state index in [0.29, 0.717) is 36.2 Å². The minimum atomic E-state index is -0.991. The van der Waals surface area contributed by atoms with E-state index in [9.17, 15) is 10.4 Å². The molecule has 3 heterocycles. The Morgan fingerprint density at radius 3 is 2.52 bits per heavy atom. The van der Waals surface area contributed by atoms with Crippen LogP contribution < -0.4 is 0 Å². The molecule has 1 N–H and O–H groups in total. The minimum absolute atomic E-state index is 0.339. The summed E-state index contributed by atoms with van der Waals surface area (Å²) in [7, 11) is 0.